The fourth-order valence-corrected chi connectivity index (χ4v) is 2.68. The zero-order valence-corrected chi connectivity index (χ0v) is 11.3. The lowest BCUT2D eigenvalue weighted by Gasteiger charge is -2.09. The largest absolute Gasteiger partial charge is 0.399 e. The number of anilines is 1. The Bertz CT molecular complexity index is 703. The molecule has 0 aliphatic rings. The second-order valence-corrected chi connectivity index (χ2v) is 5.18. The highest BCUT2D eigenvalue weighted by molar-refractivity contribution is 7.07. The van der Waals surface area contributed by atoms with Gasteiger partial charge in [-0.25, -0.2) is 9.97 Å². The molecule has 1 aromatic carbocycles. The number of imidazole rings is 1. The van der Waals surface area contributed by atoms with Gasteiger partial charge < -0.3 is 15.4 Å². The van der Waals surface area contributed by atoms with Crippen molar-refractivity contribution in [1.82, 2.24) is 14.5 Å². The van der Waals surface area contributed by atoms with Gasteiger partial charge in [-0.1, -0.05) is 0 Å². The van der Waals surface area contributed by atoms with Gasteiger partial charge in [-0.15, -0.1) is 11.3 Å². The topological polar surface area (TPSA) is 77.0 Å². The molecule has 0 aliphatic heterocycles. The second kappa shape index (κ2) is 4.64. The molecule has 98 valence electrons. The number of fused-ring (bicyclic) bond motifs is 1. The van der Waals surface area contributed by atoms with E-state index in [9.17, 15) is 5.11 Å². The van der Waals surface area contributed by atoms with Crippen LogP contribution in [0.1, 0.15) is 24.5 Å². The number of nitrogens with two attached hydrogens (primary N) is 1. The van der Waals surface area contributed by atoms with E-state index in [1.807, 2.05) is 28.1 Å². The van der Waals surface area contributed by atoms with Crippen LogP contribution in [-0.4, -0.2) is 19.6 Å². The third kappa shape index (κ3) is 2.20. The highest BCUT2D eigenvalue weighted by atomic mass is 32.1. The van der Waals surface area contributed by atoms with Crippen LogP contribution in [0.25, 0.3) is 11.0 Å². The quantitative estimate of drug-likeness (QED) is 0.718. The Hall–Kier alpha value is -1.92. The van der Waals surface area contributed by atoms with Crippen molar-refractivity contribution >= 4 is 28.1 Å². The molecular weight excluding hydrogens is 260 g/mol. The molecule has 0 saturated carbocycles. The maximum atomic E-state index is 9.87. The lowest BCUT2D eigenvalue weighted by molar-refractivity contribution is 0.185. The summed E-state index contributed by atoms with van der Waals surface area (Å²) in [7, 11) is 0. The van der Waals surface area contributed by atoms with E-state index < -0.39 is 6.10 Å². The van der Waals surface area contributed by atoms with Crippen molar-refractivity contribution < 1.29 is 5.11 Å². The molecule has 5 nitrogen and oxygen atoms in total. The van der Waals surface area contributed by atoms with Crippen molar-refractivity contribution in [3.05, 3.63) is 40.6 Å². The van der Waals surface area contributed by atoms with Crippen LogP contribution in [0.15, 0.2) is 29.1 Å². The minimum atomic E-state index is -0.632. The van der Waals surface area contributed by atoms with Crippen LogP contribution in [0.5, 0.6) is 0 Å². The molecule has 0 radical (unpaired) electrons. The van der Waals surface area contributed by atoms with Gasteiger partial charge in [-0.3, -0.25) is 0 Å². The van der Waals surface area contributed by atoms with E-state index >= 15 is 0 Å². The van der Waals surface area contributed by atoms with Crippen LogP contribution < -0.4 is 5.73 Å². The van der Waals surface area contributed by atoms with Gasteiger partial charge in [0.25, 0.3) is 0 Å². The SMILES string of the molecule is CC(O)c1nc2cc(N)ccc2n1Cc1cscn1. The molecule has 3 N–H and O–H groups in total. The Labute approximate surface area is 114 Å². The second-order valence-electron chi connectivity index (χ2n) is 4.46. The smallest absolute Gasteiger partial charge is 0.138 e. The summed E-state index contributed by atoms with van der Waals surface area (Å²) in [6.45, 7) is 2.31. The Kier molecular flexibility index (Phi) is 2.96. The van der Waals surface area contributed by atoms with Crippen molar-refractivity contribution in [2.24, 2.45) is 0 Å². The van der Waals surface area contributed by atoms with E-state index in [4.69, 9.17) is 5.73 Å². The molecular formula is C13H14N4OS. The van der Waals surface area contributed by atoms with Crippen LogP contribution in [0.2, 0.25) is 0 Å². The predicted octanol–water partition coefficient (Wildman–Crippen LogP) is 2.18. The Morgan fingerprint density at radius 1 is 1.47 bits per heavy atom. The predicted molar refractivity (Wildman–Crippen MR) is 76.0 cm³/mol. The van der Waals surface area contributed by atoms with Gasteiger partial charge in [0.2, 0.25) is 0 Å². The van der Waals surface area contributed by atoms with Gasteiger partial charge in [0.1, 0.15) is 11.9 Å². The highest BCUT2D eigenvalue weighted by Gasteiger charge is 2.15. The minimum Gasteiger partial charge on any atom is -0.399 e. The normalized spacial score (nSPS) is 12.9. The first kappa shape index (κ1) is 12.1. The lowest BCUT2D eigenvalue weighted by atomic mass is 10.3. The van der Waals surface area contributed by atoms with Gasteiger partial charge in [-0.2, -0.15) is 0 Å². The molecule has 1 unspecified atom stereocenters. The summed E-state index contributed by atoms with van der Waals surface area (Å²) >= 11 is 1.56. The van der Waals surface area contributed by atoms with Crippen molar-refractivity contribution in [1.29, 1.82) is 0 Å². The first-order valence-corrected chi connectivity index (χ1v) is 6.90. The van der Waals surface area contributed by atoms with Crippen LogP contribution in [-0.2, 0) is 6.54 Å². The summed E-state index contributed by atoms with van der Waals surface area (Å²) in [5.74, 6) is 0.633. The molecule has 6 heteroatoms. The van der Waals surface area contributed by atoms with Crippen molar-refractivity contribution in [2.45, 2.75) is 19.6 Å². The maximum absolute atomic E-state index is 9.87. The van der Waals surface area contributed by atoms with Gasteiger partial charge >= 0.3 is 0 Å². The van der Waals surface area contributed by atoms with E-state index in [-0.39, 0.29) is 0 Å². The maximum Gasteiger partial charge on any atom is 0.138 e. The number of nitrogens with zero attached hydrogens (tertiary/aromatic N) is 3. The summed E-state index contributed by atoms with van der Waals surface area (Å²) in [5.41, 5.74) is 11.0. The first-order chi connectivity index (χ1) is 9.15. The van der Waals surface area contributed by atoms with Crippen LogP contribution in [0.4, 0.5) is 5.69 Å². The monoisotopic (exact) mass is 274 g/mol. The molecule has 3 aromatic rings. The average molecular weight is 274 g/mol. The summed E-state index contributed by atoms with van der Waals surface area (Å²) in [6, 6.07) is 5.59. The summed E-state index contributed by atoms with van der Waals surface area (Å²) in [5, 5.41) is 11.9. The number of rotatable bonds is 3. The fourth-order valence-electron chi connectivity index (χ4n) is 2.13. The molecule has 3 rings (SSSR count). The molecule has 0 bridgehead atoms. The summed E-state index contributed by atoms with van der Waals surface area (Å²) < 4.78 is 1.98. The van der Waals surface area contributed by atoms with Crippen LogP contribution in [0.3, 0.4) is 0 Å². The third-order valence-corrected chi connectivity index (χ3v) is 3.61. The number of aliphatic hydroxyl groups excluding tert-OH is 1. The molecule has 1 atom stereocenters. The van der Waals surface area contributed by atoms with Crippen molar-refractivity contribution in [2.75, 3.05) is 5.73 Å². The Balaban J connectivity index is 2.16. The highest BCUT2D eigenvalue weighted by Crippen LogP contribution is 2.23. The number of hydrogen-bond acceptors (Lipinski definition) is 5. The van der Waals surface area contributed by atoms with E-state index in [2.05, 4.69) is 9.97 Å². The molecule has 2 aromatic heterocycles. The van der Waals surface area contributed by atoms with E-state index in [1.165, 1.54) is 0 Å². The molecule has 0 fully saturated rings. The van der Waals surface area contributed by atoms with Crippen LogP contribution in [0, 0.1) is 0 Å². The first-order valence-electron chi connectivity index (χ1n) is 5.96. The average Bonchev–Trinajstić information content (AvgIpc) is 2.97. The zero-order chi connectivity index (χ0) is 13.4. The number of benzene rings is 1. The summed E-state index contributed by atoms with van der Waals surface area (Å²) in [4.78, 5) is 8.74. The molecule has 0 spiro atoms. The molecule has 0 amide bonds. The van der Waals surface area contributed by atoms with Gasteiger partial charge in [0.05, 0.1) is 28.8 Å². The zero-order valence-electron chi connectivity index (χ0n) is 10.4. The number of nitrogen functional groups attached to an aromatic ring is 1. The van der Waals surface area contributed by atoms with Crippen LogP contribution >= 0.6 is 11.3 Å². The number of hydrogen-bond donors (Lipinski definition) is 2. The third-order valence-electron chi connectivity index (χ3n) is 2.98. The lowest BCUT2D eigenvalue weighted by Crippen LogP contribution is -2.08. The van der Waals surface area contributed by atoms with E-state index in [0.29, 0.717) is 18.1 Å². The number of thiazole rings is 1. The van der Waals surface area contributed by atoms with Gasteiger partial charge in [0.15, 0.2) is 0 Å². The van der Waals surface area contributed by atoms with Crippen molar-refractivity contribution in [3.63, 3.8) is 0 Å². The van der Waals surface area contributed by atoms with Gasteiger partial charge in [-0.05, 0) is 25.1 Å². The number of aromatic nitrogens is 3. The molecule has 19 heavy (non-hydrogen) atoms. The standard InChI is InChI=1S/C13H14N4OS/c1-8(18)13-16-11-4-9(14)2-3-12(11)17(13)5-10-6-19-7-15-10/h2-4,6-8,18H,5,14H2,1H3. The minimum absolute atomic E-state index is 0.601. The molecule has 0 aliphatic carbocycles. The fraction of sp³-hybridized carbons (Fsp3) is 0.231. The van der Waals surface area contributed by atoms with Crippen molar-refractivity contribution in [3.8, 4) is 0 Å². The number of aliphatic hydroxyl groups is 1. The molecule has 2 heterocycles. The van der Waals surface area contributed by atoms with E-state index in [0.717, 1.165) is 16.7 Å². The molecule has 0 saturated heterocycles. The Morgan fingerprint density at radius 3 is 3.00 bits per heavy atom. The van der Waals surface area contributed by atoms with Gasteiger partial charge in [0, 0.05) is 11.1 Å². The summed E-state index contributed by atoms with van der Waals surface area (Å²) in [6.07, 6.45) is -0.632. The Morgan fingerprint density at radius 2 is 2.32 bits per heavy atom. The van der Waals surface area contributed by atoms with E-state index in [1.54, 1.807) is 23.8 Å².